The van der Waals surface area contributed by atoms with Gasteiger partial charge in [-0.2, -0.15) is 18.2 Å². The molecule has 0 bridgehead atoms. The number of carbonyl (C=O) groups is 2. The number of benzene rings is 2. The number of alkyl halides is 3. The van der Waals surface area contributed by atoms with Crippen molar-refractivity contribution in [1.82, 2.24) is 30.4 Å². The molecule has 1 aromatic heterocycles. The average molecular weight is 721 g/mol. The van der Waals surface area contributed by atoms with Gasteiger partial charge in [0.25, 0.3) is 5.91 Å². The van der Waals surface area contributed by atoms with E-state index in [-0.39, 0.29) is 23.8 Å². The molecule has 4 aliphatic rings. The maximum Gasteiger partial charge on any atom is 0.421 e. The van der Waals surface area contributed by atoms with Crippen LogP contribution in [0.5, 0.6) is 5.75 Å². The lowest BCUT2D eigenvalue weighted by molar-refractivity contribution is -0.137. The van der Waals surface area contributed by atoms with E-state index in [1.54, 1.807) is 18.2 Å². The molecule has 1 saturated heterocycles. The van der Waals surface area contributed by atoms with E-state index in [4.69, 9.17) is 4.74 Å². The lowest BCUT2D eigenvalue weighted by Gasteiger charge is -2.42. The van der Waals surface area contributed by atoms with Crippen molar-refractivity contribution >= 4 is 29.3 Å². The van der Waals surface area contributed by atoms with Crippen LogP contribution in [0.1, 0.15) is 78.5 Å². The minimum atomic E-state index is -4.73. The number of hydrogen-bond acceptors (Lipinski definition) is 9. The van der Waals surface area contributed by atoms with Gasteiger partial charge >= 0.3 is 6.18 Å². The smallest absolute Gasteiger partial charge is 0.421 e. The number of ether oxygens (including phenoxy) is 1. The molecule has 11 nitrogen and oxygen atoms in total. The van der Waals surface area contributed by atoms with Crippen LogP contribution in [0.25, 0.3) is 0 Å². The molecule has 1 aliphatic heterocycles. The summed E-state index contributed by atoms with van der Waals surface area (Å²) < 4.78 is 48.0. The van der Waals surface area contributed by atoms with Crippen LogP contribution in [0.3, 0.4) is 0 Å². The molecular weight excluding hydrogens is 673 g/mol. The molecule has 52 heavy (non-hydrogen) atoms. The van der Waals surface area contributed by atoms with Gasteiger partial charge in [-0.25, -0.2) is 4.98 Å². The Morgan fingerprint density at radius 1 is 0.962 bits per heavy atom. The van der Waals surface area contributed by atoms with Crippen LogP contribution < -0.4 is 26.0 Å². The summed E-state index contributed by atoms with van der Waals surface area (Å²) in [4.78, 5) is 38.8. The number of nitrogens with one attached hydrogen (secondary N) is 4. The number of rotatable bonds is 11. The third-order valence-corrected chi connectivity index (χ3v) is 10.9. The van der Waals surface area contributed by atoms with E-state index < -0.39 is 29.6 Å². The Morgan fingerprint density at radius 2 is 1.71 bits per heavy atom. The summed E-state index contributed by atoms with van der Waals surface area (Å²) in [5.74, 6) is 0.222. The highest BCUT2D eigenvalue weighted by Crippen LogP contribution is 2.39. The molecule has 3 fully saturated rings. The van der Waals surface area contributed by atoms with Crippen molar-refractivity contribution in [2.45, 2.75) is 82.2 Å². The molecule has 3 aromatic rings. The van der Waals surface area contributed by atoms with Crippen LogP contribution in [-0.4, -0.2) is 89.5 Å². The number of nitrogens with zero attached hydrogens (tertiary/aromatic N) is 4. The van der Waals surface area contributed by atoms with Gasteiger partial charge in [0, 0.05) is 63.5 Å². The molecule has 7 rings (SSSR count). The molecule has 3 aliphatic carbocycles. The zero-order valence-corrected chi connectivity index (χ0v) is 29.6. The van der Waals surface area contributed by atoms with Crippen molar-refractivity contribution in [2.24, 2.45) is 5.92 Å². The third kappa shape index (κ3) is 8.44. The van der Waals surface area contributed by atoms with Crippen LogP contribution in [0, 0.1) is 5.92 Å². The van der Waals surface area contributed by atoms with Gasteiger partial charge in [0.05, 0.1) is 24.9 Å². The van der Waals surface area contributed by atoms with E-state index in [1.165, 1.54) is 33.4 Å². The first-order valence-electron chi connectivity index (χ1n) is 18.3. The van der Waals surface area contributed by atoms with E-state index in [0.717, 1.165) is 75.1 Å². The highest BCUT2D eigenvalue weighted by atomic mass is 19.4. The minimum Gasteiger partial charge on any atom is -0.495 e. The van der Waals surface area contributed by atoms with Gasteiger partial charge < -0.3 is 30.9 Å². The zero-order chi connectivity index (χ0) is 36.4. The summed E-state index contributed by atoms with van der Waals surface area (Å²) >= 11 is 0. The van der Waals surface area contributed by atoms with Crippen LogP contribution in [-0.2, 0) is 17.4 Å². The molecule has 2 saturated carbocycles. The number of aromatic nitrogens is 2. The molecule has 14 heteroatoms. The Morgan fingerprint density at radius 3 is 2.40 bits per heavy atom. The highest BCUT2D eigenvalue weighted by Gasteiger charge is 2.39. The second-order valence-electron chi connectivity index (χ2n) is 14.6. The Labute approximate surface area is 302 Å². The van der Waals surface area contributed by atoms with E-state index in [9.17, 15) is 22.8 Å². The fourth-order valence-corrected chi connectivity index (χ4v) is 7.95. The Hall–Kier alpha value is -4.43. The Balaban J connectivity index is 0.984. The highest BCUT2D eigenvalue weighted by molar-refractivity contribution is 5.95. The molecule has 2 heterocycles. The van der Waals surface area contributed by atoms with E-state index >= 15 is 0 Å². The van der Waals surface area contributed by atoms with Gasteiger partial charge in [0.2, 0.25) is 11.9 Å². The number of hydrogen-bond donors (Lipinski definition) is 4. The molecule has 0 radical (unpaired) electrons. The summed E-state index contributed by atoms with van der Waals surface area (Å²) in [6, 6.07) is 11.8. The fourth-order valence-electron chi connectivity index (χ4n) is 7.95. The predicted octanol–water partition coefficient (Wildman–Crippen LogP) is 5.53. The van der Waals surface area contributed by atoms with Crippen molar-refractivity contribution in [3.05, 3.63) is 70.9 Å². The van der Waals surface area contributed by atoms with Crippen LogP contribution in [0.4, 0.5) is 30.6 Å². The molecular formula is C38H47F3N8O3. The first-order valence-corrected chi connectivity index (χ1v) is 18.3. The van der Waals surface area contributed by atoms with Gasteiger partial charge in [0.1, 0.15) is 17.1 Å². The second kappa shape index (κ2) is 15.3. The third-order valence-electron chi connectivity index (χ3n) is 10.9. The molecule has 4 N–H and O–H groups in total. The first-order chi connectivity index (χ1) is 25.0. The molecule has 278 valence electrons. The minimum absolute atomic E-state index is 0.0908. The number of fused-ring (bicyclic) bond motifs is 1. The normalized spacial score (nSPS) is 23.8. The van der Waals surface area contributed by atoms with E-state index in [0.29, 0.717) is 29.5 Å². The van der Waals surface area contributed by atoms with Crippen LogP contribution in [0.15, 0.2) is 48.7 Å². The Bertz CT molecular complexity index is 1750. The summed E-state index contributed by atoms with van der Waals surface area (Å²) in [5.41, 5.74) is 1.53. The molecule has 0 unspecified atom stereocenters. The average Bonchev–Trinajstić information content (AvgIpc) is 3.88. The van der Waals surface area contributed by atoms with Gasteiger partial charge in [0.15, 0.2) is 0 Å². The maximum atomic E-state index is 14.1. The van der Waals surface area contributed by atoms with Gasteiger partial charge in [-0.15, -0.1) is 0 Å². The number of halogens is 3. The maximum absolute atomic E-state index is 14.1. The number of methoxy groups -OCH3 is 1. The summed E-state index contributed by atoms with van der Waals surface area (Å²) in [7, 11) is 1.45. The number of amides is 2. The summed E-state index contributed by atoms with van der Waals surface area (Å²) in [6.07, 6.45) is 3.14. The molecule has 2 atom stereocenters. The topological polar surface area (TPSA) is 124 Å². The molecule has 2 aromatic carbocycles. The zero-order valence-electron chi connectivity index (χ0n) is 29.6. The van der Waals surface area contributed by atoms with Crippen molar-refractivity contribution < 1.29 is 27.5 Å². The fraction of sp³-hybridized carbons (Fsp3) is 0.526. The largest absolute Gasteiger partial charge is 0.495 e. The lowest BCUT2D eigenvalue weighted by Crippen LogP contribution is -2.52. The van der Waals surface area contributed by atoms with Gasteiger partial charge in [-0.3, -0.25) is 14.5 Å². The SMILES string of the molecule is COc1cc(C(=O)NC2CCC(N3CCN(CC4CC4)CC3)CC2)ccc1Nc1ncc(C(F)(F)F)c(N[C@@H]2Cc3ccccc3[C@H]2NC(C)=O)n1. The number of anilines is 3. The monoisotopic (exact) mass is 720 g/mol. The van der Waals surface area contributed by atoms with E-state index in [1.807, 2.05) is 24.3 Å². The van der Waals surface area contributed by atoms with Crippen molar-refractivity contribution in [3.8, 4) is 5.75 Å². The van der Waals surface area contributed by atoms with Crippen molar-refractivity contribution in [3.63, 3.8) is 0 Å². The van der Waals surface area contributed by atoms with Crippen molar-refractivity contribution in [1.29, 1.82) is 0 Å². The first kappa shape index (κ1) is 36.0. The molecule has 0 spiro atoms. The number of piperazine rings is 1. The van der Waals surface area contributed by atoms with Crippen molar-refractivity contribution in [2.75, 3.05) is 50.5 Å². The van der Waals surface area contributed by atoms with Gasteiger partial charge in [-0.1, -0.05) is 24.3 Å². The summed E-state index contributed by atoms with van der Waals surface area (Å²) in [6.45, 7) is 7.18. The lowest BCUT2D eigenvalue weighted by atomic mass is 9.89. The summed E-state index contributed by atoms with van der Waals surface area (Å²) in [5, 5.41) is 12.0. The van der Waals surface area contributed by atoms with Crippen LogP contribution >= 0.6 is 0 Å². The second-order valence-corrected chi connectivity index (χ2v) is 14.6. The van der Waals surface area contributed by atoms with Gasteiger partial charge in [-0.05, 0) is 80.2 Å². The number of carbonyl (C=O) groups excluding carboxylic acids is 2. The quantitative estimate of drug-likeness (QED) is 0.203. The Kier molecular flexibility index (Phi) is 10.6. The molecule has 2 amide bonds. The van der Waals surface area contributed by atoms with E-state index in [2.05, 4.69) is 41.0 Å². The standard InChI is InChI=1S/C38H47F3N8O3/c1-23(50)43-34-29-6-4-3-5-25(29)19-32(34)45-35-30(38(39,40)41)21-42-37(47-35)46-31-14-9-26(20-33(31)52-2)36(51)44-27-10-12-28(13-11-27)49-17-15-48(16-18-49)22-24-7-8-24/h3-6,9,14,20-21,24,27-28,32,34H,7-8,10-13,15-19,22H2,1-2H3,(H,43,50)(H,44,51)(H2,42,45,46,47)/t27?,28?,32-,34-/m1/s1. The van der Waals surface area contributed by atoms with Crippen LogP contribution in [0.2, 0.25) is 0 Å². The predicted molar refractivity (Wildman–Crippen MR) is 192 cm³/mol.